The predicted molar refractivity (Wildman–Crippen MR) is 125 cm³/mol. The first-order valence-electron chi connectivity index (χ1n) is 11.3. The largest absolute Gasteiger partial charge is 0.357 e. The molecule has 7 nitrogen and oxygen atoms in total. The molecule has 0 unspecified atom stereocenters. The van der Waals surface area contributed by atoms with Gasteiger partial charge in [-0.3, -0.25) is 4.79 Å². The molecule has 31 heavy (non-hydrogen) atoms. The summed E-state index contributed by atoms with van der Waals surface area (Å²) in [5.74, 6) is 1.89. The lowest BCUT2D eigenvalue weighted by atomic mass is 9.84. The lowest BCUT2D eigenvalue weighted by Gasteiger charge is -2.31. The van der Waals surface area contributed by atoms with Gasteiger partial charge in [-0.15, -0.1) is 0 Å². The maximum Gasteiger partial charge on any atom is 0.230 e. The van der Waals surface area contributed by atoms with Gasteiger partial charge in [0.2, 0.25) is 5.91 Å². The van der Waals surface area contributed by atoms with Crippen molar-refractivity contribution < 1.29 is 4.79 Å². The van der Waals surface area contributed by atoms with Crippen LogP contribution in [0.2, 0.25) is 0 Å². The molecule has 1 aliphatic rings. The maximum absolute atomic E-state index is 12.8. The summed E-state index contributed by atoms with van der Waals surface area (Å²) in [5, 5.41) is 6.74. The van der Waals surface area contributed by atoms with E-state index in [1.807, 2.05) is 39.5 Å². The van der Waals surface area contributed by atoms with Gasteiger partial charge in [0.05, 0.1) is 5.41 Å². The lowest BCUT2D eigenvalue weighted by Crippen LogP contribution is -2.49. The summed E-state index contributed by atoms with van der Waals surface area (Å²) in [6.45, 7) is 4.79. The van der Waals surface area contributed by atoms with E-state index in [1.165, 1.54) is 5.56 Å². The summed E-state index contributed by atoms with van der Waals surface area (Å²) in [7, 11) is 3.69. The van der Waals surface area contributed by atoms with Crippen LogP contribution in [0.3, 0.4) is 0 Å². The summed E-state index contributed by atoms with van der Waals surface area (Å²) in [4.78, 5) is 23.8. The third-order valence-corrected chi connectivity index (χ3v) is 6.02. The van der Waals surface area contributed by atoms with Crippen LogP contribution in [0.1, 0.15) is 44.0 Å². The topological polar surface area (TPSA) is 74.5 Å². The highest BCUT2D eigenvalue weighted by Crippen LogP contribution is 2.38. The van der Waals surface area contributed by atoms with Crippen molar-refractivity contribution in [2.75, 3.05) is 27.2 Å². The highest BCUT2D eigenvalue weighted by Gasteiger charge is 2.42. The van der Waals surface area contributed by atoms with Crippen molar-refractivity contribution in [1.29, 1.82) is 0 Å². The Kier molecular flexibility index (Phi) is 8.09. The average Bonchev–Trinajstić information content (AvgIpc) is 3.44. The fourth-order valence-electron chi connectivity index (χ4n) is 4.33. The second kappa shape index (κ2) is 11.0. The highest BCUT2D eigenvalue weighted by molar-refractivity contribution is 5.85. The van der Waals surface area contributed by atoms with E-state index in [-0.39, 0.29) is 11.3 Å². The molecule has 1 aromatic carbocycles. The molecule has 0 atom stereocenters. The van der Waals surface area contributed by atoms with Crippen molar-refractivity contribution in [2.24, 2.45) is 10.4 Å². The van der Waals surface area contributed by atoms with Crippen molar-refractivity contribution in [2.45, 2.75) is 52.1 Å². The molecule has 168 valence electrons. The van der Waals surface area contributed by atoms with E-state index in [1.54, 1.807) is 4.90 Å². The van der Waals surface area contributed by atoms with E-state index in [0.717, 1.165) is 57.0 Å². The van der Waals surface area contributed by atoms with Gasteiger partial charge in [-0.2, -0.15) is 0 Å². The van der Waals surface area contributed by atoms with Crippen molar-refractivity contribution in [1.82, 2.24) is 25.1 Å². The Morgan fingerprint density at radius 3 is 2.61 bits per heavy atom. The van der Waals surface area contributed by atoms with E-state index in [2.05, 4.69) is 44.5 Å². The van der Waals surface area contributed by atoms with Gasteiger partial charge in [0.15, 0.2) is 5.96 Å². The second-order valence-corrected chi connectivity index (χ2v) is 8.51. The zero-order valence-electron chi connectivity index (χ0n) is 19.1. The summed E-state index contributed by atoms with van der Waals surface area (Å²) >= 11 is 0. The van der Waals surface area contributed by atoms with Crippen LogP contribution in [0.4, 0.5) is 0 Å². The van der Waals surface area contributed by atoms with Gasteiger partial charge in [-0.05, 0) is 31.7 Å². The van der Waals surface area contributed by atoms with Crippen molar-refractivity contribution in [3.8, 4) is 0 Å². The zero-order valence-corrected chi connectivity index (χ0v) is 19.1. The number of nitrogens with zero attached hydrogens (tertiary/aromatic N) is 4. The first-order valence-corrected chi connectivity index (χ1v) is 11.3. The Labute approximate surface area is 186 Å². The normalized spacial score (nSPS) is 15.6. The fraction of sp³-hybridized carbons (Fsp3) is 0.542. The first-order chi connectivity index (χ1) is 15.0. The Morgan fingerprint density at radius 2 is 1.94 bits per heavy atom. The van der Waals surface area contributed by atoms with Gasteiger partial charge in [-0.1, -0.05) is 43.2 Å². The van der Waals surface area contributed by atoms with E-state index in [9.17, 15) is 4.79 Å². The van der Waals surface area contributed by atoms with Gasteiger partial charge < -0.3 is 20.1 Å². The van der Waals surface area contributed by atoms with Crippen LogP contribution >= 0.6 is 0 Å². The maximum atomic E-state index is 12.8. The standard InChI is InChI=1S/C24H36N6O/c1-4-25-23(28-19-24(13-8-9-14-24)22(31)29(2)3)27-18-21-26-15-17-30(21)16-12-20-10-6-5-7-11-20/h5-7,10-11,15,17H,4,8-9,12-14,16,18-19H2,1-3H3,(H2,25,27,28). The number of imidazole rings is 1. The quantitative estimate of drug-likeness (QED) is 0.480. The average molecular weight is 425 g/mol. The SMILES string of the molecule is CCNC(=NCc1nccn1CCc1ccccc1)NCC1(C(=O)N(C)C)CCCC1. The number of aliphatic imine (C=N–C) groups is 1. The van der Waals surface area contributed by atoms with Gasteiger partial charge in [0.25, 0.3) is 0 Å². The smallest absolute Gasteiger partial charge is 0.230 e. The molecule has 2 aromatic rings. The molecule has 0 bridgehead atoms. The molecular weight excluding hydrogens is 388 g/mol. The minimum Gasteiger partial charge on any atom is -0.357 e. The number of nitrogens with one attached hydrogen (secondary N) is 2. The number of carbonyl (C=O) groups excluding carboxylic acids is 1. The molecule has 1 amide bonds. The van der Waals surface area contributed by atoms with E-state index >= 15 is 0 Å². The minimum absolute atomic E-state index is 0.213. The third-order valence-electron chi connectivity index (χ3n) is 6.02. The van der Waals surface area contributed by atoms with Gasteiger partial charge >= 0.3 is 0 Å². The summed E-state index contributed by atoms with van der Waals surface area (Å²) < 4.78 is 2.16. The van der Waals surface area contributed by atoms with Crippen LogP contribution in [0.15, 0.2) is 47.7 Å². The van der Waals surface area contributed by atoms with Crippen LogP contribution in [-0.4, -0.2) is 53.5 Å². The Hall–Kier alpha value is -2.83. The summed E-state index contributed by atoms with van der Waals surface area (Å²) in [6.07, 6.45) is 8.88. The minimum atomic E-state index is -0.326. The Bertz CT molecular complexity index is 852. The molecule has 0 spiro atoms. The number of hydrogen-bond donors (Lipinski definition) is 2. The number of aromatic nitrogens is 2. The number of benzene rings is 1. The zero-order chi connectivity index (χ0) is 22.1. The third kappa shape index (κ3) is 6.09. The van der Waals surface area contributed by atoms with Crippen LogP contribution in [-0.2, 0) is 24.3 Å². The molecule has 1 aromatic heterocycles. The molecule has 1 heterocycles. The molecule has 0 aliphatic heterocycles. The number of amides is 1. The first kappa shape index (κ1) is 22.8. The molecule has 0 radical (unpaired) electrons. The predicted octanol–water partition coefficient (Wildman–Crippen LogP) is 2.83. The van der Waals surface area contributed by atoms with Crippen molar-refractivity contribution in [3.05, 3.63) is 54.1 Å². The molecule has 1 saturated carbocycles. The summed E-state index contributed by atoms with van der Waals surface area (Å²) in [5.41, 5.74) is 0.987. The second-order valence-electron chi connectivity index (χ2n) is 8.51. The number of rotatable bonds is 9. The number of hydrogen-bond acceptors (Lipinski definition) is 3. The number of guanidine groups is 1. The van der Waals surface area contributed by atoms with E-state index in [0.29, 0.717) is 13.1 Å². The number of aryl methyl sites for hydroxylation is 2. The molecule has 1 aliphatic carbocycles. The molecule has 3 rings (SSSR count). The van der Waals surface area contributed by atoms with Gasteiger partial charge in [0.1, 0.15) is 12.4 Å². The fourth-order valence-corrected chi connectivity index (χ4v) is 4.33. The van der Waals surface area contributed by atoms with Crippen molar-refractivity contribution >= 4 is 11.9 Å². The number of carbonyl (C=O) groups is 1. The van der Waals surface area contributed by atoms with Crippen LogP contribution in [0.5, 0.6) is 0 Å². The van der Waals surface area contributed by atoms with Crippen molar-refractivity contribution in [3.63, 3.8) is 0 Å². The molecule has 0 saturated heterocycles. The van der Waals surface area contributed by atoms with Gasteiger partial charge in [-0.25, -0.2) is 9.98 Å². The molecule has 1 fully saturated rings. The molecular formula is C24H36N6O. The van der Waals surface area contributed by atoms with E-state index < -0.39 is 0 Å². The highest BCUT2D eigenvalue weighted by atomic mass is 16.2. The van der Waals surface area contributed by atoms with Crippen LogP contribution in [0.25, 0.3) is 0 Å². The molecule has 2 N–H and O–H groups in total. The van der Waals surface area contributed by atoms with Gasteiger partial charge in [0, 0.05) is 46.1 Å². The lowest BCUT2D eigenvalue weighted by molar-refractivity contribution is -0.138. The Balaban J connectivity index is 1.62. The Morgan fingerprint density at radius 1 is 1.19 bits per heavy atom. The summed E-state index contributed by atoms with van der Waals surface area (Å²) in [6, 6.07) is 10.5. The molecule has 7 heteroatoms. The van der Waals surface area contributed by atoms with Crippen LogP contribution in [0, 0.1) is 5.41 Å². The van der Waals surface area contributed by atoms with Crippen LogP contribution < -0.4 is 10.6 Å². The monoisotopic (exact) mass is 424 g/mol. The van der Waals surface area contributed by atoms with E-state index in [4.69, 9.17) is 4.99 Å².